The van der Waals surface area contributed by atoms with Crippen LogP contribution in [-0.2, 0) is 4.74 Å². The Labute approximate surface area is 155 Å². The Bertz CT molecular complexity index is 733. The van der Waals surface area contributed by atoms with Crippen LogP contribution in [0.25, 0.3) is 0 Å². The number of benzene rings is 2. The number of anilines is 1. The highest BCUT2D eigenvalue weighted by atomic mass is 79.9. The third-order valence-corrected chi connectivity index (χ3v) is 3.82. The van der Waals surface area contributed by atoms with Crippen molar-refractivity contribution in [3.63, 3.8) is 0 Å². The summed E-state index contributed by atoms with van der Waals surface area (Å²) in [4.78, 5) is 12.4. The van der Waals surface area contributed by atoms with Gasteiger partial charge in [0.1, 0.15) is 24.7 Å². The lowest BCUT2D eigenvalue weighted by Gasteiger charge is -2.10. The second-order valence-corrected chi connectivity index (χ2v) is 5.92. The monoisotopic (exact) mass is 405 g/mol. The van der Waals surface area contributed by atoms with E-state index in [4.69, 9.17) is 14.2 Å². The van der Waals surface area contributed by atoms with E-state index in [1.165, 1.54) is 0 Å². The molecule has 25 heavy (non-hydrogen) atoms. The molecule has 0 saturated heterocycles. The van der Waals surface area contributed by atoms with E-state index < -0.39 is 0 Å². The Hall–Kier alpha value is -2.31. The Morgan fingerprint density at radius 2 is 2.04 bits per heavy atom. The van der Waals surface area contributed by atoms with Crippen LogP contribution in [0, 0.1) is 0 Å². The smallest absolute Gasteiger partial charge is 0.255 e. The minimum Gasteiger partial charge on any atom is -0.491 e. The van der Waals surface area contributed by atoms with E-state index in [2.05, 4.69) is 27.8 Å². The van der Waals surface area contributed by atoms with Gasteiger partial charge in [0.25, 0.3) is 5.91 Å². The SMILES string of the molecule is C=CCOc1ccc(C(=O)Nc2cccc(OCCOC)c2)cc1Br. The van der Waals surface area contributed by atoms with Gasteiger partial charge in [0.15, 0.2) is 0 Å². The summed E-state index contributed by atoms with van der Waals surface area (Å²) in [6.45, 7) is 4.97. The topological polar surface area (TPSA) is 56.8 Å². The lowest BCUT2D eigenvalue weighted by Crippen LogP contribution is -2.12. The fourth-order valence-corrected chi connectivity index (χ4v) is 2.51. The van der Waals surface area contributed by atoms with E-state index in [9.17, 15) is 4.79 Å². The van der Waals surface area contributed by atoms with Crippen molar-refractivity contribution >= 4 is 27.5 Å². The zero-order valence-electron chi connectivity index (χ0n) is 14.0. The summed E-state index contributed by atoms with van der Waals surface area (Å²) in [6, 6.07) is 12.4. The molecule has 0 aliphatic heterocycles. The molecule has 0 radical (unpaired) electrons. The fourth-order valence-electron chi connectivity index (χ4n) is 2.02. The standard InChI is InChI=1S/C19H20BrNO4/c1-3-9-25-18-8-7-14(12-17(18)20)19(22)21-15-5-4-6-16(13-15)24-11-10-23-2/h3-8,12-13H,1,9-11H2,2H3,(H,21,22). The van der Waals surface area contributed by atoms with Gasteiger partial charge in [0.05, 0.1) is 11.1 Å². The Balaban J connectivity index is 2.02. The lowest BCUT2D eigenvalue weighted by molar-refractivity contribution is 0.102. The lowest BCUT2D eigenvalue weighted by atomic mass is 10.2. The molecule has 1 amide bonds. The molecule has 2 rings (SSSR count). The highest BCUT2D eigenvalue weighted by Crippen LogP contribution is 2.26. The minimum absolute atomic E-state index is 0.218. The van der Waals surface area contributed by atoms with Crippen LogP contribution in [0.4, 0.5) is 5.69 Å². The summed E-state index contributed by atoms with van der Waals surface area (Å²) in [6.07, 6.45) is 1.66. The van der Waals surface area contributed by atoms with E-state index in [0.717, 1.165) is 0 Å². The first kappa shape index (κ1) is 19.0. The number of halogens is 1. The van der Waals surface area contributed by atoms with Crippen molar-refractivity contribution in [3.8, 4) is 11.5 Å². The number of nitrogens with one attached hydrogen (secondary N) is 1. The van der Waals surface area contributed by atoms with Crippen LogP contribution in [0.15, 0.2) is 59.6 Å². The van der Waals surface area contributed by atoms with Crippen molar-refractivity contribution in [3.05, 3.63) is 65.2 Å². The summed E-state index contributed by atoms with van der Waals surface area (Å²) in [5.74, 6) is 1.11. The Kier molecular flexibility index (Phi) is 7.50. The summed E-state index contributed by atoms with van der Waals surface area (Å²) < 4.78 is 16.7. The molecule has 0 aliphatic carbocycles. The second kappa shape index (κ2) is 9.86. The van der Waals surface area contributed by atoms with Crippen LogP contribution in [0.5, 0.6) is 11.5 Å². The Morgan fingerprint density at radius 3 is 2.76 bits per heavy atom. The number of methoxy groups -OCH3 is 1. The van der Waals surface area contributed by atoms with E-state index in [1.54, 1.807) is 43.5 Å². The number of amides is 1. The zero-order chi connectivity index (χ0) is 18.1. The minimum atomic E-state index is -0.218. The number of carbonyl (C=O) groups excluding carboxylic acids is 1. The first-order valence-electron chi connectivity index (χ1n) is 7.70. The van der Waals surface area contributed by atoms with Gasteiger partial charge < -0.3 is 19.5 Å². The molecule has 0 unspecified atom stereocenters. The summed E-state index contributed by atoms with van der Waals surface area (Å²) in [7, 11) is 1.62. The zero-order valence-corrected chi connectivity index (χ0v) is 15.5. The number of carbonyl (C=O) groups is 1. The first-order valence-corrected chi connectivity index (χ1v) is 8.49. The molecular formula is C19H20BrNO4. The molecule has 0 fully saturated rings. The number of rotatable bonds is 9. The molecule has 2 aromatic rings. The average molecular weight is 406 g/mol. The summed E-state index contributed by atoms with van der Waals surface area (Å²) >= 11 is 3.41. The summed E-state index contributed by atoms with van der Waals surface area (Å²) in [5.41, 5.74) is 1.17. The summed E-state index contributed by atoms with van der Waals surface area (Å²) in [5, 5.41) is 2.85. The predicted octanol–water partition coefficient (Wildman–Crippen LogP) is 4.29. The van der Waals surface area contributed by atoms with E-state index in [-0.39, 0.29) is 5.91 Å². The maximum absolute atomic E-state index is 12.4. The molecule has 1 N–H and O–H groups in total. The van der Waals surface area contributed by atoms with E-state index in [0.29, 0.717) is 47.0 Å². The molecule has 0 spiro atoms. The van der Waals surface area contributed by atoms with Crippen molar-refractivity contribution in [1.29, 1.82) is 0 Å². The highest BCUT2D eigenvalue weighted by Gasteiger charge is 2.10. The van der Waals surface area contributed by atoms with E-state index >= 15 is 0 Å². The quantitative estimate of drug-likeness (QED) is 0.499. The molecule has 0 bridgehead atoms. The van der Waals surface area contributed by atoms with Gasteiger partial charge in [-0.2, -0.15) is 0 Å². The van der Waals surface area contributed by atoms with Crippen LogP contribution in [0.1, 0.15) is 10.4 Å². The molecule has 6 heteroatoms. The van der Waals surface area contributed by atoms with Gasteiger partial charge in [-0.1, -0.05) is 18.7 Å². The van der Waals surface area contributed by atoms with Crippen molar-refractivity contribution in [2.45, 2.75) is 0 Å². The third-order valence-electron chi connectivity index (χ3n) is 3.20. The molecule has 2 aromatic carbocycles. The van der Waals surface area contributed by atoms with Gasteiger partial charge in [-0.05, 0) is 46.3 Å². The number of ether oxygens (including phenoxy) is 3. The van der Waals surface area contributed by atoms with Crippen LogP contribution in [0.2, 0.25) is 0 Å². The molecule has 132 valence electrons. The molecule has 0 aromatic heterocycles. The predicted molar refractivity (Wildman–Crippen MR) is 102 cm³/mol. The highest BCUT2D eigenvalue weighted by molar-refractivity contribution is 9.10. The van der Waals surface area contributed by atoms with Gasteiger partial charge in [0.2, 0.25) is 0 Å². The molecule has 0 heterocycles. The van der Waals surface area contributed by atoms with Crippen LogP contribution in [0.3, 0.4) is 0 Å². The van der Waals surface area contributed by atoms with Crippen LogP contribution >= 0.6 is 15.9 Å². The average Bonchev–Trinajstić information content (AvgIpc) is 2.61. The van der Waals surface area contributed by atoms with Crippen LogP contribution in [-0.4, -0.2) is 32.8 Å². The van der Waals surface area contributed by atoms with Gasteiger partial charge in [-0.3, -0.25) is 4.79 Å². The van der Waals surface area contributed by atoms with Gasteiger partial charge in [0, 0.05) is 24.4 Å². The normalized spacial score (nSPS) is 10.2. The van der Waals surface area contributed by atoms with Crippen molar-refractivity contribution < 1.29 is 19.0 Å². The molecule has 0 saturated carbocycles. The molecular weight excluding hydrogens is 386 g/mol. The van der Waals surface area contributed by atoms with Crippen molar-refractivity contribution in [2.75, 3.05) is 32.2 Å². The molecule has 0 aliphatic rings. The largest absolute Gasteiger partial charge is 0.491 e. The van der Waals surface area contributed by atoms with Crippen molar-refractivity contribution in [2.24, 2.45) is 0 Å². The number of hydrogen-bond donors (Lipinski definition) is 1. The molecule has 0 atom stereocenters. The van der Waals surface area contributed by atoms with Gasteiger partial charge >= 0.3 is 0 Å². The van der Waals surface area contributed by atoms with Gasteiger partial charge in [-0.15, -0.1) is 0 Å². The first-order chi connectivity index (χ1) is 12.1. The maximum atomic E-state index is 12.4. The Morgan fingerprint density at radius 1 is 1.20 bits per heavy atom. The van der Waals surface area contributed by atoms with Crippen LogP contribution < -0.4 is 14.8 Å². The van der Waals surface area contributed by atoms with Gasteiger partial charge in [-0.25, -0.2) is 0 Å². The van der Waals surface area contributed by atoms with Crippen molar-refractivity contribution in [1.82, 2.24) is 0 Å². The fraction of sp³-hybridized carbons (Fsp3) is 0.211. The second-order valence-electron chi connectivity index (χ2n) is 5.07. The number of hydrogen-bond acceptors (Lipinski definition) is 4. The van der Waals surface area contributed by atoms with E-state index in [1.807, 2.05) is 12.1 Å². The third kappa shape index (κ3) is 5.92. The molecule has 5 nitrogen and oxygen atoms in total. The maximum Gasteiger partial charge on any atom is 0.255 e.